The number of carbonyl (C=O) groups is 1. The number of hydrogen-bond donors (Lipinski definition) is 1. The minimum Gasteiger partial charge on any atom is -0.372 e. The van der Waals surface area contributed by atoms with Gasteiger partial charge in [0, 0.05) is 11.5 Å². The summed E-state index contributed by atoms with van der Waals surface area (Å²) >= 11 is 1.50. The van der Waals surface area contributed by atoms with Crippen LogP contribution in [0.3, 0.4) is 0 Å². The van der Waals surface area contributed by atoms with E-state index in [1.54, 1.807) is 0 Å². The molecule has 0 aliphatic carbocycles. The summed E-state index contributed by atoms with van der Waals surface area (Å²) in [5.74, 6) is -0.145. The van der Waals surface area contributed by atoms with Gasteiger partial charge in [-0.05, 0) is 20.3 Å². The van der Waals surface area contributed by atoms with Crippen LogP contribution in [0.4, 0.5) is 5.13 Å². The highest BCUT2D eigenvalue weighted by atomic mass is 32.1. The largest absolute Gasteiger partial charge is 0.372 e. The van der Waals surface area contributed by atoms with Crippen LogP contribution in [0, 0.1) is 6.92 Å². The maximum Gasteiger partial charge on any atom is 0.252 e. The van der Waals surface area contributed by atoms with E-state index in [-0.39, 0.29) is 12.5 Å². The normalized spacial score (nSPS) is 10.3. The number of nitrogens with zero attached hydrogens (tertiary/aromatic N) is 1. The SMILES string of the molecule is CCOCC(=O)Nc1nc(CC)c(C)s1. The van der Waals surface area contributed by atoms with E-state index in [0.717, 1.165) is 17.0 Å². The molecule has 0 bridgehead atoms. The fraction of sp³-hybridized carbons (Fsp3) is 0.600. The lowest BCUT2D eigenvalue weighted by Crippen LogP contribution is -2.18. The van der Waals surface area contributed by atoms with Gasteiger partial charge in [0.05, 0.1) is 5.69 Å². The monoisotopic (exact) mass is 228 g/mol. The van der Waals surface area contributed by atoms with E-state index in [9.17, 15) is 4.79 Å². The first-order chi connectivity index (χ1) is 7.17. The van der Waals surface area contributed by atoms with Crippen LogP contribution in [0.2, 0.25) is 0 Å². The van der Waals surface area contributed by atoms with Crippen LogP contribution >= 0.6 is 11.3 Å². The Morgan fingerprint density at radius 1 is 1.53 bits per heavy atom. The number of carbonyl (C=O) groups excluding carboxylic acids is 1. The van der Waals surface area contributed by atoms with Crippen molar-refractivity contribution in [1.29, 1.82) is 0 Å². The fourth-order valence-electron chi connectivity index (χ4n) is 1.16. The van der Waals surface area contributed by atoms with Gasteiger partial charge >= 0.3 is 0 Å². The third-order valence-corrected chi connectivity index (χ3v) is 2.84. The Kier molecular flexibility index (Phi) is 4.71. The quantitative estimate of drug-likeness (QED) is 0.838. The molecular weight excluding hydrogens is 212 g/mol. The first-order valence-corrected chi connectivity index (χ1v) is 5.82. The van der Waals surface area contributed by atoms with Crippen molar-refractivity contribution in [3.63, 3.8) is 0 Å². The van der Waals surface area contributed by atoms with Gasteiger partial charge in [-0.1, -0.05) is 6.92 Å². The standard InChI is InChI=1S/C10H16N2O2S/c1-4-8-7(3)15-10(11-8)12-9(13)6-14-5-2/h4-6H2,1-3H3,(H,11,12,13). The molecular formula is C10H16N2O2S. The van der Waals surface area contributed by atoms with Crippen molar-refractivity contribution in [2.24, 2.45) is 0 Å². The lowest BCUT2D eigenvalue weighted by atomic mass is 10.3. The van der Waals surface area contributed by atoms with Crippen molar-refractivity contribution in [3.8, 4) is 0 Å². The molecule has 4 nitrogen and oxygen atoms in total. The van der Waals surface area contributed by atoms with Crippen molar-refractivity contribution in [3.05, 3.63) is 10.6 Å². The lowest BCUT2D eigenvalue weighted by Gasteiger charge is -2.00. The number of anilines is 1. The molecule has 84 valence electrons. The second-order valence-corrected chi connectivity index (χ2v) is 4.26. The average Bonchev–Trinajstić information content (AvgIpc) is 2.55. The third-order valence-electron chi connectivity index (χ3n) is 1.91. The predicted molar refractivity (Wildman–Crippen MR) is 61.4 cm³/mol. The highest BCUT2D eigenvalue weighted by Gasteiger charge is 2.08. The van der Waals surface area contributed by atoms with E-state index >= 15 is 0 Å². The number of aryl methyl sites for hydroxylation is 2. The summed E-state index contributed by atoms with van der Waals surface area (Å²) in [6, 6.07) is 0. The Morgan fingerprint density at radius 3 is 2.80 bits per heavy atom. The number of ether oxygens (including phenoxy) is 1. The highest BCUT2D eigenvalue weighted by molar-refractivity contribution is 7.15. The zero-order chi connectivity index (χ0) is 11.3. The lowest BCUT2D eigenvalue weighted by molar-refractivity contribution is -0.120. The molecule has 0 atom stereocenters. The molecule has 1 rings (SSSR count). The molecule has 1 amide bonds. The van der Waals surface area contributed by atoms with Crippen molar-refractivity contribution in [1.82, 2.24) is 4.98 Å². The zero-order valence-electron chi connectivity index (χ0n) is 9.29. The summed E-state index contributed by atoms with van der Waals surface area (Å²) in [4.78, 5) is 16.8. The molecule has 5 heteroatoms. The Morgan fingerprint density at radius 2 is 2.27 bits per heavy atom. The molecule has 15 heavy (non-hydrogen) atoms. The number of amides is 1. The third kappa shape index (κ3) is 3.60. The van der Waals surface area contributed by atoms with Crippen LogP contribution in [-0.2, 0) is 16.0 Å². The molecule has 0 aliphatic rings. The predicted octanol–water partition coefficient (Wildman–Crippen LogP) is 1.99. The minimum absolute atomic E-state index is 0.0938. The van der Waals surface area contributed by atoms with E-state index in [1.165, 1.54) is 11.3 Å². The summed E-state index contributed by atoms with van der Waals surface area (Å²) in [6.45, 7) is 6.56. The molecule has 0 spiro atoms. The molecule has 1 aromatic rings. The van der Waals surface area contributed by atoms with Gasteiger partial charge in [-0.15, -0.1) is 11.3 Å². The summed E-state index contributed by atoms with van der Waals surface area (Å²) in [7, 11) is 0. The second kappa shape index (κ2) is 5.82. The van der Waals surface area contributed by atoms with E-state index in [4.69, 9.17) is 4.74 Å². The number of aromatic nitrogens is 1. The van der Waals surface area contributed by atoms with Gasteiger partial charge in [0.15, 0.2) is 5.13 Å². The molecule has 0 aliphatic heterocycles. The van der Waals surface area contributed by atoms with Crippen LogP contribution < -0.4 is 5.32 Å². The van der Waals surface area contributed by atoms with Crippen LogP contribution in [0.5, 0.6) is 0 Å². The topological polar surface area (TPSA) is 51.2 Å². The van der Waals surface area contributed by atoms with Crippen molar-refractivity contribution < 1.29 is 9.53 Å². The number of rotatable bonds is 5. The summed E-state index contributed by atoms with van der Waals surface area (Å²) in [6.07, 6.45) is 0.893. The van der Waals surface area contributed by atoms with E-state index < -0.39 is 0 Å². The van der Waals surface area contributed by atoms with Gasteiger partial charge in [0.2, 0.25) is 0 Å². The molecule has 1 heterocycles. The molecule has 0 radical (unpaired) electrons. The number of thiazole rings is 1. The van der Waals surface area contributed by atoms with E-state index in [0.29, 0.717) is 11.7 Å². The number of nitrogens with one attached hydrogen (secondary N) is 1. The molecule has 1 aromatic heterocycles. The van der Waals surface area contributed by atoms with Gasteiger partial charge < -0.3 is 4.74 Å². The van der Waals surface area contributed by atoms with Gasteiger partial charge in [-0.25, -0.2) is 4.98 Å². The first-order valence-electron chi connectivity index (χ1n) is 5.01. The highest BCUT2D eigenvalue weighted by Crippen LogP contribution is 2.22. The molecule has 0 saturated carbocycles. The van der Waals surface area contributed by atoms with Crippen LogP contribution in [0.15, 0.2) is 0 Å². The second-order valence-electron chi connectivity index (χ2n) is 3.06. The Bertz CT molecular complexity index is 336. The Balaban J connectivity index is 2.53. The molecule has 0 saturated heterocycles. The summed E-state index contributed by atoms with van der Waals surface area (Å²) < 4.78 is 5.00. The van der Waals surface area contributed by atoms with Gasteiger partial charge in [0.25, 0.3) is 5.91 Å². The van der Waals surface area contributed by atoms with Crippen LogP contribution in [0.1, 0.15) is 24.4 Å². The van der Waals surface area contributed by atoms with Gasteiger partial charge in [0.1, 0.15) is 6.61 Å². The van der Waals surface area contributed by atoms with Crippen molar-refractivity contribution in [2.75, 3.05) is 18.5 Å². The van der Waals surface area contributed by atoms with Gasteiger partial charge in [-0.2, -0.15) is 0 Å². The molecule has 0 unspecified atom stereocenters. The minimum atomic E-state index is -0.145. The molecule has 0 fully saturated rings. The van der Waals surface area contributed by atoms with Crippen molar-refractivity contribution >= 4 is 22.4 Å². The van der Waals surface area contributed by atoms with Crippen LogP contribution in [-0.4, -0.2) is 24.1 Å². The maximum atomic E-state index is 11.3. The van der Waals surface area contributed by atoms with Crippen molar-refractivity contribution in [2.45, 2.75) is 27.2 Å². The first kappa shape index (κ1) is 12.1. The smallest absolute Gasteiger partial charge is 0.252 e. The Labute approximate surface area is 93.7 Å². The van der Waals surface area contributed by atoms with E-state index in [1.807, 2.05) is 20.8 Å². The fourth-order valence-corrected chi connectivity index (χ4v) is 2.08. The van der Waals surface area contributed by atoms with Crippen LogP contribution in [0.25, 0.3) is 0 Å². The maximum absolute atomic E-state index is 11.3. The summed E-state index contributed by atoms with van der Waals surface area (Å²) in [5, 5.41) is 3.38. The van der Waals surface area contributed by atoms with E-state index in [2.05, 4.69) is 10.3 Å². The summed E-state index contributed by atoms with van der Waals surface area (Å²) in [5.41, 5.74) is 1.05. The zero-order valence-corrected chi connectivity index (χ0v) is 10.1. The Hall–Kier alpha value is -0.940. The van der Waals surface area contributed by atoms with Gasteiger partial charge in [-0.3, -0.25) is 10.1 Å². The average molecular weight is 228 g/mol. The molecule has 0 aromatic carbocycles. The number of hydrogen-bond acceptors (Lipinski definition) is 4. The molecule has 1 N–H and O–H groups in total.